The first kappa shape index (κ1) is 32.7. The van der Waals surface area contributed by atoms with Gasteiger partial charge in [-0.2, -0.15) is 5.10 Å². The van der Waals surface area contributed by atoms with E-state index in [9.17, 15) is 4.79 Å². The van der Waals surface area contributed by atoms with Gasteiger partial charge in [-0.1, -0.05) is 30.7 Å². The lowest BCUT2D eigenvalue weighted by Crippen LogP contribution is -2.57. The number of halogens is 1. The Labute approximate surface area is 286 Å². The second-order valence-electron chi connectivity index (χ2n) is 13.8. The number of amides is 1. The fourth-order valence-corrected chi connectivity index (χ4v) is 7.30. The summed E-state index contributed by atoms with van der Waals surface area (Å²) in [6, 6.07) is 14.3. The number of anilines is 1. The zero-order valence-corrected chi connectivity index (χ0v) is 28.1. The minimum absolute atomic E-state index is 0.129. The fraction of sp³-hybridized carbons (Fsp3) is 0.432. The first-order valence-electron chi connectivity index (χ1n) is 17.1. The number of hydrogen-bond donors (Lipinski definition) is 1. The SMILES string of the molecule is [C-]#[N+]C(=CC(C)(C)N1CCN(C2CCC2)CC1)C(=O)N1CCC[C@H](n2nc(-c3ccc(Oc4ccccc4)cc3F)c3c(N)ncnc32)C1. The van der Waals surface area contributed by atoms with Gasteiger partial charge >= 0.3 is 0 Å². The molecule has 4 aromatic rings. The quantitative estimate of drug-likeness (QED) is 0.183. The van der Waals surface area contributed by atoms with Crippen LogP contribution in [0.3, 0.4) is 0 Å². The standard InChI is InChI=1S/C37H42FN9O2/c1-37(2,46-19-17-44(18-20-46)25-9-7-10-25)22-31(40-3)36(48)45-16-8-11-26(23-45)47-35-32(34(39)41-24-42-35)33(43-47)29-15-14-28(21-30(29)38)49-27-12-5-4-6-13-27/h4-6,12-15,21-22,24-26H,7-11,16-20,23H2,1-2H3,(H2,39,41,42)/t26-/m0/s1. The van der Waals surface area contributed by atoms with E-state index in [2.05, 4.69) is 38.5 Å². The highest BCUT2D eigenvalue weighted by Crippen LogP contribution is 2.37. The van der Waals surface area contributed by atoms with Gasteiger partial charge < -0.3 is 15.4 Å². The van der Waals surface area contributed by atoms with Gasteiger partial charge in [0.1, 0.15) is 35.2 Å². The third-order valence-corrected chi connectivity index (χ3v) is 10.3. The minimum Gasteiger partial charge on any atom is -0.457 e. The molecule has 4 heterocycles. The van der Waals surface area contributed by atoms with Crippen molar-refractivity contribution in [1.82, 2.24) is 34.4 Å². The van der Waals surface area contributed by atoms with Crippen molar-refractivity contribution in [2.24, 2.45) is 0 Å². The molecule has 1 aliphatic carbocycles. The van der Waals surface area contributed by atoms with Gasteiger partial charge in [-0.25, -0.2) is 23.9 Å². The van der Waals surface area contributed by atoms with E-state index in [1.807, 2.05) is 24.3 Å². The van der Waals surface area contributed by atoms with Crippen LogP contribution in [-0.4, -0.2) is 91.2 Å². The Morgan fingerprint density at radius 3 is 2.45 bits per heavy atom. The van der Waals surface area contributed by atoms with Crippen LogP contribution in [0.5, 0.6) is 11.5 Å². The van der Waals surface area contributed by atoms with Crippen molar-refractivity contribution < 1.29 is 13.9 Å². The number of hydrogen-bond acceptors (Lipinski definition) is 8. The summed E-state index contributed by atoms with van der Waals surface area (Å²) in [4.78, 5) is 33.0. The molecule has 254 valence electrons. The van der Waals surface area contributed by atoms with Gasteiger partial charge in [-0.05, 0) is 63.8 Å². The Hall–Kier alpha value is -4.86. The second-order valence-corrected chi connectivity index (χ2v) is 13.8. The fourth-order valence-electron chi connectivity index (χ4n) is 7.30. The maximum atomic E-state index is 15.7. The largest absolute Gasteiger partial charge is 0.457 e. The number of fused-ring (bicyclic) bond motifs is 1. The maximum absolute atomic E-state index is 15.7. The van der Waals surface area contributed by atoms with Gasteiger partial charge in [0, 0.05) is 62.5 Å². The number of piperidine rings is 1. The molecular formula is C37H42FN9O2. The van der Waals surface area contributed by atoms with Gasteiger partial charge in [0.2, 0.25) is 5.70 Å². The number of benzene rings is 2. The molecule has 0 unspecified atom stereocenters. The summed E-state index contributed by atoms with van der Waals surface area (Å²) in [7, 11) is 0. The molecule has 2 N–H and O–H groups in total. The number of carbonyl (C=O) groups is 1. The van der Waals surface area contributed by atoms with Crippen LogP contribution in [0.1, 0.15) is 52.0 Å². The van der Waals surface area contributed by atoms with Crippen LogP contribution in [-0.2, 0) is 4.79 Å². The van der Waals surface area contributed by atoms with Crippen molar-refractivity contribution in [1.29, 1.82) is 0 Å². The highest BCUT2D eigenvalue weighted by atomic mass is 19.1. The lowest BCUT2D eigenvalue weighted by Gasteiger charge is -2.47. The van der Waals surface area contributed by atoms with Crippen molar-refractivity contribution >= 4 is 22.8 Å². The predicted octanol–water partition coefficient (Wildman–Crippen LogP) is 5.92. The summed E-state index contributed by atoms with van der Waals surface area (Å²) in [6.07, 6.45) is 8.56. The average Bonchev–Trinajstić information content (AvgIpc) is 3.48. The summed E-state index contributed by atoms with van der Waals surface area (Å²) < 4.78 is 23.2. The number of carbonyl (C=O) groups excluding carboxylic acids is 1. The molecule has 7 rings (SSSR count). The molecule has 2 saturated heterocycles. The van der Waals surface area contributed by atoms with Crippen molar-refractivity contribution in [3.8, 4) is 22.8 Å². The van der Waals surface area contributed by atoms with Crippen molar-refractivity contribution in [3.05, 3.63) is 83.9 Å². The maximum Gasteiger partial charge on any atom is 0.252 e. The molecule has 2 aliphatic heterocycles. The van der Waals surface area contributed by atoms with Crippen LogP contribution in [0, 0.1) is 12.4 Å². The van der Waals surface area contributed by atoms with Crippen LogP contribution >= 0.6 is 0 Å². The van der Waals surface area contributed by atoms with Gasteiger partial charge in [0.15, 0.2) is 5.65 Å². The van der Waals surface area contributed by atoms with Gasteiger partial charge in [-0.3, -0.25) is 14.6 Å². The summed E-state index contributed by atoms with van der Waals surface area (Å²) in [5, 5.41) is 5.30. The molecule has 2 aromatic carbocycles. The summed E-state index contributed by atoms with van der Waals surface area (Å²) >= 11 is 0. The third-order valence-electron chi connectivity index (χ3n) is 10.3. The first-order chi connectivity index (χ1) is 23.7. The molecule has 3 fully saturated rings. The van der Waals surface area contributed by atoms with Crippen LogP contribution in [0.2, 0.25) is 0 Å². The van der Waals surface area contributed by atoms with Crippen LogP contribution in [0.4, 0.5) is 10.2 Å². The normalized spacial score (nSPS) is 19.8. The molecule has 11 nitrogen and oxygen atoms in total. The smallest absolute Gasteiger partial charge is 0.252 e. The Morgan fingerprint density at radius 2 is 1.76 bits per heavy atom. The molecule has 0 spiro atoms. The molecule has 1 atom stereocenters. The number of nitrogens with zero attached hydrogens (tertiary/aromatic N) is 8. The molecule has 0 bridgehead atoms. The zero-order valence-electron chi connectivity index (χ0n) is 28.1. The highest BCUT2D eigenvalue weighted by Gasteiger charge is 2.35. The number of rotatable bonds is 8. The number of nitrogens with two attached hydrogens (primary N) is 1. The summed E-state index contributed by atoms with van der Waals surface area (Å²) in [6.45, 7) is 16.8. The van der Waals surface area contributed by atoms with Crippen LogP contribution < -0.4 is 10.5 Å². The summed E-state index contributed by atoms with van der Waals surface area (Å²) in [5.41, 5.74) is 7.06. The number of likely N-dealkylation sites (tertiary alicyclic amines) is 1. The van der Waals surface area contributed by atoms with E-state index in [0.29, 0.717) is 47.7 Å². The Bertz CT molecular complexity index is 1910. The average molecular weight is 664 g/mol. The zero-order chi connectivity index (χ0) is 34.1. The number of ether oxygens (including phenoxy) is 1. The Kier molecular flexibility index (Phi) is 9.05. The van der Waals surface area contributed by atoms with E-state index < -0.39 is 11.4 Å². The van der Waals surface area contributed by atoms with E-state index in [1.54, 1.807) is 33.8 Å². The van der Waals surface area contributed by atoms with Crippen molar-refractivity contribution in [2.75, 3.05) is 45.0 Å². The minimum atomic E-state index is -0.525. The molecule has 3 aliphatic rings. The van der Waals surface area contributed by atoms with E-state index in [-0.39, 0.29) is 29.0 Å². The molecule has 12 heteroatoms. The number of aromatic nitrogens is 4. The van der Waals surface area contributed by atoms with Crippen LogP contribution in [0.25, 0.3) is 27.1 Å². The van der Waals surface area contributed by atoms with E-state index >= 15 is 4.39 Å². The molecule has 0 radical (unpaired) electrons. The van der Waals surface area contributed by atoms with Crippen molar-refractivity contribution in [3.63, 3.8) is 0 Å². The van der Waals surface area contributed by atoms with Gasteiger partial charge in [0.25, 0.3) is 5.91 Å². The predicted molar refractivity (Wildman–Crippen MR) is 186 cm³/mol. The monoisotopic (exact) mass is 663 g/mol. The second kappa shape index (κ2) is 13.6. The number of para-hydroxylation sites is 1. The number of piperazine rings is 1. The lowest BCUT2D eigenvalue weighted by atomic mass is 9.90. The lowest BCUT2D eigenvalue weighted by molar-refractivity contribution is -0.128. The topological polar surface area (TPSA) is 110 Å². The Balaban J connectivity index is 1.11. The van der Waals surface area contributed by atoms with Gasteiger partial charge in [0.05, 0.1) is 18.0 Å². The van der Waals surface area contributed by atoms with Crippen molar-refractivity contribution in [2.45, 2.75) is 63.6 Å². The molecular weight excluding hydrogens is 621 g/mol. The van der Waals surface area contributed by atoms with E-state index in [0.717, 1.165) is 38.6 Å². The Morgan fingerprint density at radius 1 is 1.00 bits per heavy atom. The van der Waals surface area contributed by atoms with Gasteiger partial charge in [-0.15, -0.1) is 0 Å². The van der Waals surface area contributed by atoms with E-state index in [4.69, 9.17) is 22.1 Å². The first-order valence-corrected chi connectivity index (χ1v) is 17.1. The molecule has 1 saturated carbocycles. The third kappa shape index (κ3) is 6.60. The summed E-state index contributed by atoms with van der Waals surface area (Å²) in [5.74, 6) is 0.326. The van der Waals surface area contributed by atoms with Crippen LogP contribution in [0.15, 0.2) is 66.6 Å². The molecule has 1 amide bonds. The number of nitrogen functional groups attached to an aromatic ring is 1. The highest BCUT2D eigenvalue weighted by molar-refractivity contribution is 5.98. The van der Waals surface area contributed by atoms with E-state index in [1.165, 1.54) is 31.7 Å². The molecule has 2 aromatic heterocycles. The molecule has 49 heavy (non-hydrogen) atoms.